The fourth-order valence-corrected chi connectivity index (χ4v) is 8.36. The van der Waals surface area contributed by atoms with Gasteiger partial charge in [0.15, 0.2) is 0 Å². The van der Waals surface area contributed by atoms with Gasteiger partial charge in [-0.1, -0.05) is 140 Å². The van der Waals surface area contributed by atoms with Crippen molar-refractivity contribution in [1.82, 2.24) is 9.97 Å². The molecule has 6 aromatic carbocycles. The van der Waals surface area contributed by atoms with Crippen LogP contribution in [0.2, 0.25) is 0 Å². The smallest absolute Gasteiger partial charge is 0.142 e. The van der Waals surface area contributed by atoms with Crippen LogP contribution in [0.25, 0.3) is 89.4 Å². The van der Waals surface area contributed by atoms with E-state index < -0.39 is 0 Å². The minimum Gasteiger partial charge on any atom is -0.507 e. The Bertz CT molecular complexity index is 2980. The predicted octanol–water partition coefficient (Wildman–Crippen LogP) is 13.3. The zero-order valence-electron chi connectivity index (χ0n) is 31.7. The minimum absolute atomic E-state index is 0. The number of rotatable bonds is 6. The van der Waals surface area contributed by atoms with Crippen molar-refractivity contribution in [3.63, 3.8) is 0 Å². The number of phenols is 1. The van der Waals surface area contributed by atoms with Crippen molar-refractivity contribution in [1.29, 1.82) is 0 Å². The summed E-state index contributed by atoms with van der Waals surface area (Å²) in [5.74, 6) is 1.86. The predicted molar refractivity (Wildman–Crippen MR) is 227 cm³/mol. The number of para-hydroxylation sites is 1. The van der Waals surface area contributed by atoms with Crippen LogP contribution < -0.4 is 0 Å². The summed E-state index contributed by atoms with van der Waals surface area (Å²) in [6, 6.07) is 59.5. The SMILES string of the molecule is Cc1cc(-c2oc(-c3ccc4c(c3)C(C)(C)c3ccccc3-4)c3ccccc23)cc(-c2[c-]c(-c3cc(-c4ccccc4)cc(-c4ccccc4O)n3)ccc2)n1.[Pt]. The third-order valence-electron chi connectivity index (χ3n) is 11.1. The Labute approximate surface area is 346 Å². The molecule has 10 rings (SSSR count). The Morgan fingerprint density at radius 2 is 1.09 bits per heavy atom. The fraction of sp³-hybridized carbons (Fsp3) is 0.0769. The molecule has 0 fully saturated rings. The normalized spacial score (nSPS) is 12.5. The Hall–Kier alpha value is -6.35. The van der Waals surface area contributed by atoms with E-state index in [1.807, 2.05) is 67.6 Å². The van der Waals surface area contributed by atoms with E-state index in [1.165, 1.54) is 22.3 Å². The standard InChI is InChI=1S/C52H37N2O2.Pt/c1-32-26-38(51-42-20-8-7-19-41(42)50(56-51)36-24-25-40-39-18-9-11-22-44(39)52(2,3)45(40)28-36)31-46(53-32)34-16-13-17-35(27-34)47-29-37(33-14-5-4-6-15-33)30-48(54-47)43-21-10-12-23-49(43)55;/h4-26,28-31,55H,1-3H3;/q-1;. The second kappa shape index (κ2) is 14.3. The quantitative estimate of drug-likeness (QED) is 0.169. The Morgan fingerprint density at radius 1 is 0.491 bits per heavy atom. The van der Waals surface area contributed by atoms with E-state index in [2.05, 4.69) is 117 Å². The molecule has 0 saturated carbocycles. The Kier molecular flexibility index (Phi) is 9.11. The summed E-state index contributed by atoms with van der Waals surface area (Å²) < 4.78 is 6.93. The molecule has 3 aromatic heterocycles. The summed E-state index contributed by atoms with van der Waals surface area (Å²) in [4.78, 5) is 10.1. The van der Waals surface area contributed by atoms with Crippen LogP contribution in [-0.4, -0.2) is 15.1 Å². The minimum atomic E-state index is -0.113. The monoisotopic (exact) mass is 916 g/mol. The van der Waals surface area contributed by atoms with Crippen molar-refractivity contribution in [3.05, 3.63) is 187 Å². The van der Waals surface area contributed by atoms with Crippen LogP contribution in [0.4, 0.5) is 0 Å². The first kappa shape index (κ1) is 36.3. The van der Waals surface area contributed by atoms with Crippen molar-refractivity contribution in [3.8, 4) is 84.4 Å². The van der Waals surface area contributed by atoms with Crippen molar-refractivity contribution in [2.45, 2.75) is 26.2 Å². The van der Waals surface area contributed by atoms with Crippen molar-refractivity contribution >= 4 is 10.8 Å². The number of aromatic hydroxyl groups is 1. The van der Waals surface area contributed by atoms with Crippen molar-refractivity contribution in [2.24, 2.45) is 0 Å². The maximum Gasteiger partial charge on any atom is 0.142 e. The summed E-state index contributed by atoms with van der Waals surface area (Å²) in [5, 5.41) is 12.9. The van der Waals surface area contributed by atoms with Crippen LogP contribution >= 0.6 is 0 Å². The molecule has 9 aromatic rings. The van der Waals surface area contributed by atoms with E-state index in [0.717, 1.165) is 72.8 Å². The molecular formula is C52H37N2O2Pt-. The van der Waals surface area contributed by atoms with Crippen LogP contribution in [0, 0.1) is 13.0 Å². The van der Waals surface area contributed by atoms with Gasteiger partial charge in [0.25, 0.3) is 0 Å². The van der Waals surface area contributed by atoms with Crippen LogP contribution in [0.1, 0.15) is 30.7 Å². The summed E-state index contributed by atoms with van der Waals surface area (Å²) in [6.45, 7) is 6.64. The Morgan fingerprint density at radius 3 is 1.84 bits per heavy atom. The molecule has 1 aliphatic rings. The van der Waals surface area contributed by atoms with E-state index in [0.29, 0.717) is 11.3 Å². The van der Waals surface area contributed by atoms with Crippen LogP contribution in [0.15, 0.2) is 168 Å². The molecule has 1 aliphatic carbocycles. The molecule has 0 radical (unpaired) electrons. The number of benzene rings is 6. The summed E-state index contributed by atoms with van der Waals surface area (Å²) in [6.07, 6.45) is 0. The van der Waals surface area contributed by atoms with Crippen LogP contribution in [-0.2, 0) is 26.5 Å². The average molecular weight is 917 g/mol. The van der Waals surface area contributed by atoms with E-state index >= 15 is 0 Å². The number of aromatic nitrogens is 2. The first-order chi connectivity index (χ1) is 27.3. The second-order valence-electron chi connectivity index (χ2n) is 15.1. The summed E-state index contributed by atoms with van der Waals surface area (Å²) in [5.41, 5.74) is 14.7. The number of fused-ring (bicyclic) bond motifs is 4. The summed E-state index contributed by atoms with van der Waals surface area (Å²) >= 11 is 0. The third-order valence-corrected chi connectivity index (χ3v) is 11.1. The van der Waals surface area contributed by atoms with Gasteiger partial charge in [0.1, 0.15) is 17.3 Å². The number of phenolic OH excluding ortho intramolecular Hbond substituents is 1. The molecule has 0 amide bonds. The van der Waals surface area contributed by atoms with E-state index in [-0.39, 0.29) is 32.2 Å². The molecular weight excluding hydrogens is 880 g/mol. The molecule has 278 valence electrons. The molecule has 0 unspecified atom stereocenters. The van der Waals surface area contributed by atoms with Gasteiger partial charge < -0.3 is 9.52 Å². The third kappa shape index (κ3) is 6.31. The topological polar surface area (TPSA) is 59.2 Å². The molecule has 0 bridgehead atoms. The molecule has 0 aliphatic heterocycles. The van der Waals surface area contributed by atoms with Crippen LogP contribution in [0.3, 0.4) is 0 Å². The first-order valence-electron chi connectivity index (χ1n) is 19.0. The zero-order valence-corrected chi connectivity index (χ0v) is 33.9. The number of hydrogen-bond donors (Lipinski definition) is 1. The molecule has 57 heavy (non-hydrogen) atoms. The molecule has 0 spiro atoms. The van der Waals surface area contributed by atoms with Gasteiger partial charge in [-0.3, -0.25) is 9.97 Å². The average Bonchev–Trinajstić information content (AvgIpc) is 3.73. The molecule has 0 atom stereocenters. The largest absolute Gasteiger partial charge is 0.507 e. The maximum atomic E-state index is 10.8. The number of pyridine rings is 2. The van der Waals surface area contributed by atoms with Gasteiger partial charge in [-0.25, -0.2) is 0 Å². The van der Waals surface area contributed by atoms with Gasteiger partial charge in [-0.05, 0) is 70.6 Å². The van der Waals surface area contributed by atoms with Gasteiger partial charge >= 0.3 is 0 Å². The first-order valence-corrected chi connectivity index (χ1v) is 19.0. The van der Waals surface area contributed by atoms with E-state index in [4.69, 9.17) is 14.4 Å². The fourth-order valence-electron chi connectivity index (χ4n) is 8.36. The van der Waals surface area contributed by atoms with Crippen molar-refractivity contribution < 1.29 is 30.6 Å². The second-order valence-corrected chi connectivity index (χ2v) is 15.1. The van der Waals surface area contributed by atoms with Gasteiger partial charge in [0.2, 0.25) is 0 Å². The molecule has 0 saturated heterocycles. The number of aryl methyl sites for hydroxylation is 1. The number of hydrogen-bond acceptors (Lipinski definition) is 4. The molecule has 4 nitrogen and oxygen atoms in total. The molecule has 3 heterocycles. The van der Waals surface area contributed by atoms with E-state index in [9.17, 15) is 5.11 Å². The maximum absolute atomic E-state index is 10.8. The molecule has 1 N–H and O–H groups in total. The van der Waals surface area contributed by atoms with Gasteiger partial charge in [0, 0.05) is 71.0 Å². The number of furan rings is 1. The number of nitrogens with zero attached hydrogens (tertiary/aromatic N) is 2. The van der Waals surface area contributed by atoms with Crippen molar-refractivity contribution in [2.75, 3.05) is 0 Å². The van der Waals surface area contributed by atoms with Crippen LogP contribution in [0.5, 0.6) is 5.75 Å². The summed E-state index contributed by atoms with van der Waals surface area (Å²) in [7, 11) is 0. The van der Waals surface area contributed by atoms with Gasteiger partial charge in [0.05, 0.1) is 5.69 Å². The van der Waals surface area contributed by atoms with Gasteiger partial charge in [-0.2, -0.15) is 0 Å². The molecule has 5 heteroatoms. The Balaban J connectivity index is 0.00000422. The van der Waals surface area contributed by atoms with Gasteiger partial charge in [-0.15, -0.1) is 24.3 Å². The van der Waals surface area contributed by atoms with E-state index in [1.54, 1.807) is 6.07 Å². The zero-order chi connectivity index (χ0) is 38.0.